The van der Waals surface area contributed by atoms with E-state index in [1.54, 1.807) is 0 Å². The predicted octanol–water partition coefficient (Wildman–Crippen LogP) is 1.85. The number of amides is 1. The van der Waals surface area contributed by atoms with Gasteiger partial charge in [-0.2, -0.15) is 0 Å². The van der Waals surface area contributed by atoms with Gasteiger partial charge >= 0.3 is 5.97 Å². The lowest BCUT2D eigenvalue weighted by atomic mass is 9.87. The average Bonchev–Trinajstić information content (AvgIpc) is 3.07. The quantitative estimate of drug-likeness (QED) is 0.792. The number of benzene rings is 1. The van der Waals surface area contributed by atoms with Crippen molar-refractivity contribution in [1.29, 1.82) is 0 Å². The summed E-state index contributed by atoms with van der Waals surface area (Å²) in [5.41, 5.74) is 1.69. The number of aryl methyl sites for hydroxylation is 1. The van der Waals surface area contributed by atoms with E-state index in [0.29, 0.717) is 12.4 Å². The maximum atomic E-state index is 12.7. The fraction of sp³-hybridized carbons (Fsp3) is 0.500. The van der Waals surface area contributed by atoms with Crippen LogP contribution in [0, 0.1) is 5.92 Å². The van der Waals surface area contributed by atoms with E-state index in [0.717, 1.165) is 11.0 Å². The molecule has 2 N–H and O–H groups in total. The first kappa shape index (κ1) is 17.4. The molecule has 2 fully saturated rings. The van der Waals surface area contributed by atoms with Crippen molar-refractivity contribution in [3.63, 3.8) is 0 Å². The van der Waals surface area contributed by atoms with Crippen LogP contribution in [0.25, 0.3) is 11.0 Å². The zero-order chi connectivity index (χ0) is 18.8. The van der Waals surface area contributed by atoms with Crippen molar-refractivity contribution in [2.24, 2.45) is 5.92 Å². The Morgan fingerprint density at radius 1 is 1.38 bits per heavy atom. The number of imidazole rings is 1. The molecule has 4 rings (SSSR count). The van der Waals surface area contributed by atoms with Gasteiger partial charge in [-0.15, -0.1) is 11.8 Å². The molecule has 7 nitrogen and oxygen atoms in total. The Bertz CT molecular complexity index is 909. The van der Waals surface area contributed by atoms with E-state index in [2.05, 4.69) is 4.98 Å². The molecular weight excluding hydrogens is 354 g/mol. The summed E-state index contributed by atoms with van der Waals surface area (Å²) in [6, 6.07) is 6.73. The van der Waals surface area contributed by atoms with E-state index in [1.807, 2.05) is 49.6 Å². The molecule has 4 atom stereocenters. The predicted molar refractivity (Wildman–Crippen MR) is 97.6 cm³/mol. The van der Waals surface area contributed by atoms with Crippen LogP contribution in [-0.4, -0.2) is 52.7 Å². The van der Waals surface area contributed by atoms with Crippen molar-refractivity contribution in [3.8, 4) is 0 Å². The molecule has 2 saturated heterocycles. The molecule has 2 aliphatic heterocycles. The summed E-state index contributed by atoms with van der Waals surface area (Å²) in [6.07, 6.45) is -1.06. The number of carboxylic acid groups (broad SMARTS) is 1. The molecule has 138 valence electrons. The molecule has 0 aliphatic carbocycles. The number of fused-ring (bicyclic) bond motifs is 2. The molecule has 0 unspecified atom stereocenters. The van der Waals surface area contributed by atoms with Gasteiger partial charge < -0.3 is 19.7 Å². The number of carbonyl (C=O) groups excluding carboxylic acids is 1. The molecule has 3 heterocycles. The number of aliphatic carboxylic acids is 1. The number of hydrogen-bond donors (Lipinski definition) is 2. The van der Waals surface area contributed by atoms with Gasteiger partial charge in [-0.3, -0.25) is 4.79 Å². The SMILES string of the molecule is CCn1c([C@@H](O)[C@@H]2C(=O)N3[C@@H]2SC(C)(C)[C@@H]3C(=O)O)nc2ccccc21. The summed E-state index contributed by atoms with van der Waals surface area (Å²) in [4.78, 5) is 30.3. The monoisotopic (exact) mass is 375 g/mol. The lowest BCUT2D eigenvalue weighted by Crippen LogP contribution is -2.64. The van der Waals surface area contributed by atoms with Crippen LogP contribution in [0.1, 0.15) is 32.7 Å². The standard InChI is InChI=1S/C18H21N3O4S/c1-4-20-10-8-6-5-7-9(10)19-14(20)12(22)11-15(23)21-13(17(24)25)18(2,3)26-16(11)21/h5-8,11-13,16,22H,4H2,1-3H3,(H,24,25)/t11-,12+,13+,16-/m1/s1. The fourth-order valence-corrected chi connectivity index (χ4v) is 5.86. The minimum Gasteiger partial charge on any atom is -0.480 e. The summed E-state index contributed by atoms with van der Waals surface area (Å²) in [6.45, 7) is 6.24. The van der Waals surface area contributed by atoms with Crippen LogP contribution in [0.5, 0.6) is 0 Å². The largest absolute Gasteiger partial charge is 0.480 e. The van der Waals surface area contributed by atoms with Crippen LogP contribution in [0.3, 0.4) is 0 Å². The Morgan fingerprint density at radius 2 is 2.08 bits per heavy atom. The maximum Gasteiger partial charge on any atom is 0.327 e. The van der Waals surface area contributed by atoms with Crippen LogP contribution in [0.2, 0.25) is 0 Å². The lowest BCUT2D eigenvalue weighted by Gasteiger charge is -2.45. The van der Waals surface area contributed by atoms with E-state index >= 15 is 0 Å². The average molecular weight is 375 g/mol. The van der Waals surface area contributed by atoms with Gasteiger partial charge in [0.25, 0.3) is 0 Å². The van der Waals surface area contributed by atoms with Crippen molar-refractivity contribution < 1.29 is 19.8 Å². The third kappa shape index (κ3) is 2.21. The molecule has 0 bridgehead atoms. The third-order valence-corrected chi connectivity index (χ3v) is 6.91. The summed E-state index contributed by atoms with van der Waals surface area (Å²) >= 11 is 1.44. The second kappa shape index (κ2) is 5.72. The molecule has 8 heteroatoms. The topological polar surface area (TPSA) is 95.7 Å². The molecule has 1 aromatic heterocycles. The number of aromatic nitrogens is 2. The highest BCUT2D eigenvalue weighted by Crippen LogP contribution is 2.55. The lowest BCUT2D eigenvalue weighted by molar-refractivity contribution is -0.169. The fourth-order valence-electron chi connectivity index (χ4n) is 4.15. The second-order valence-electron chi connectivity index (χ2n) is 7.27. The van der Waals surface area contributed by atoms with Gasteiger partial charge in [-0.1, -0.05) is 12.1 Å². The maximum absolute atomic E-state index is 12.7. The molecular formula is C18H21N3O4S. The van der Waals surface area contributed by atoms with Crippen molar-refractivity contribution >= 4 is 34.7 Å². The Morgan fingerprint density at radius 3 is 2.73 bits per heavy atom. The summed E-state index contributed by atoms with van der Waals surface area (Å²) in [5, 5.41) is 20.1. The number of rotatable bonds is 4. The molecule has 0 spiro atoms. The molecule has 1 amide bonds. The van der Waals surface area contributed by atoms with Crippen LogP contribution in [0.15, 0.2) is 24.3 Å². The first-order valence-corrected chi connectivity index (χ1v) is 9.52. The van der Waals surface area contributed by atoms with Gasteiger partial charge in [0.1, 0.15) is 23.9 Å². The van der Waals surface area contributed by atoms with Crippen LogP contribution in [0.4, 0.5) is 0 Å². The van der Waals surface area contributed by atoms with E-state index < -0.39 is 28.8 Å². The van der Waals surface area contributed by atoms with Crippen molar-refractivity contribution in [3.05, 3.63) is 30.1 Å². The molecule has 26 heavy (non-hydrogen) atoms. The van der Waals surface area contributed by atoms with Crippen molar-refractivity contribution in [2.75, 3.05) is 0 Å². The van der Waals surface area contributed by atoms with E-state index in [4.69, 9.17) is 0 Å². The Hall–Kier alpha value is -2.06. The highest BCUT2D eigenvalue weighted by molar-refractivity contribution is 8.01. The number of β-lactam (4-membered cyclic amide) rings is 1. The normalized spacial score (nSPS) is 28.1. The molecule has 1 aromatic carbocycles. The van der Waals surface area contributed by atoms with Gasteiger partial charge in [0, 0.05) is 11.3 Å². The number of aliphatic hydroxyl groups excluding tert-OH is 1. The van der Waals surface area contributed by atoms with Crippen LogP contribution < -0.4 is 0 Å². The molecule has 0 saturated carbocycles. The van der Waals surface area contributed by atoms with Gasteiger partial charge in [0.2, 0.25) is 5.91 Å². The number of thioether (sulfide) groups is 1. The van der Waals surface area contributed by atoms with Crippen LogP contribution >= 0.6 is 11.8 Å². The smallest absolute Gasteiger partial charge is 0.327 e. The summed E-state index contributed by atoms with van der Waals surface area (Å²) in [7, 11) is 0. The number of carboxylic acids is 1. The van der Waals surface area contributed by atoms with Gasteiger partial charge in [-0.05, 0) is 32.9 Å². The summed E-state index contributed by atoms with van der Waals surface area (Å²) in [5.74, 6) is -1.54. The third-order valence-electron chi connectivity index (χ3n) is 5.32. The number of nitrogens with zero attached hydrogens (tertiary/aromatic N) is 3. The van der Waals surface area contributed by atoms with E-state index in [9.17, 15) is 19.8 Å². The first-order valence-electron chi connectivity index (χ1n) is 8.64. The van der Waals surface area contributed by atoms with Crippen molar-refractivity contribution in [2.45, 2.75) is 49.6 Å². The first-order chi connectivity index (χ1) is 12.3. The van der Waals surface area contributed by atoms with Crippen LogP contribution in [-0.2, 0) is 16.1 Å². The Balaban J connectivity index is 1.70. The highest BCUT2D eigenvalue weighted by Gasteiger charge is 2.65. The second-order valence-corrected chi connectivity index (χ2v) is 9.04. The number of carbonyl (C=O) groups is 2. The van der Waals surface area contributed by atoms with Gasteiger partial charge in [-0.25, -0.2) is 9.78 Å². The van der Waals surface area contributed by atoms with E-state index in [1.165, 1.54) is 16.7 Å². The minimum atomic E-state index is -1.06. The zero-order valence-electron chi connectivity index (χ0n) is 14.8. The number of hydrogen-bond acceptors (Lipinski definition) is 5. The molecule has 0 radical (unpaired) electrons. The zero-order valence-corrected chi connectivity index (χ0v) is 15.6. The highest BCUT2D eigenvalue weighted by atomic mass is 32.2. The minimum absolute atomic E-state index is 0.317. The molecule has 2 aliphatic rings. The number of para-hydroxylation sites is 2. The Kier molecular flexibility index (Phi) is 3.82. The van der Waals surface area contributed by atoms with Gasteiger partial charge in [0.05, 0.1) is 16.4 Å². The number of aliphatic hydroxyl groups is 1. The van der Waals surface area contributed by atoms with Gasteiger partial charge in [0.15, 0.2) is 0 Å². The summed E-state index contributed by atoms with van der Waals surface area (Å²) < 4.78 is 1.31. The molecule has 2 aromatic rings. The van der Waals surface area contributed by atoms with Crippen molar-refractivity contribution in [1.82, 2.24) is 14.5 Å². The Labute approximate surface area is 155 Å². The van der Waals surface area contributed by atoms with E-state index in [-0.39, 0.29) is 11.3 Å².